The van der Waals surface area contributed by atoms with Gasteiger partial charge in [-0.2, -0.15) is 5.10 Å². The number of rotatable bonds is 4. The molecular weight excluding hydrogens is 477 g/mol. The Morgan fingerprint density at radius 2 is 1.97 bits per heavy atom. The van der Waals surface area contributed by atoms with Gasteiger partial charge in [0.05, 0.1) is 17.4 Å². The lowest BCUT2D eigenvalue weighted by atomic mass is 9.88. The summed E-state index contributed by atoms with van der Waals surface area (Å²) in [5.74, 6) is 0.181. The molecule has 0 saturated heterocycles. The van der Waals surface area contributed by atoms with Crippen molar-refractivity contribution in [2.45, 2.75) is 20.0 Å². The largest absolute Gasteiger partial charge is 0.488 e. The van der Waals surface area contributed by atoms with Gasteiger partial charge in [-0.1, -0.05) is 36.5 Å². The van der Waals surface area contributed by atoms with Gasteiger partial charge in [-0.05, 0) is 60.0 Å². The number of hydrogen-bond donors (Lipinski definition) is 1. The minimum Gasteiger partial charge on any atom is -0.488 e. The van der Waals surface area contributed by atoms with Gasteiger partial charge in [0.15, 0.2) is 0 Å². The number of anilines is 1. The highest BCUT2D eigenvalue weighted by molar-refractivity contribution is 7.13. The van der Waals surface area contributed by atoms with Gasteiger partial charge in [0.1, 0.15) is 23.7 Å². The van der Waals surface area contributed by atoms with Gasteiger partial charge in [0.25, 0.3) is 5.91 Å². The van der Waals surface area contributed by atoms with Crippen molar-refractivity contribution in [3.8, 4) is 11.4 Å². The summed E-state index contributed by atoms with van der Waals surface area (Å²) in [6, 6.07) is 18.0. The molecular formula is C27H20FN5O2S. The third-order valence-corrected chi connectivity index (χ3v) is 6.79. The molecule has 0 saturated carbocycles. The number of benzene rings is 3. The van der Waals surface area contributed by atoms with E-state index in [9.17, 15) is 9.18 Å². The molecule has 0 fully saturated rings. The van der Waals surface area contributed by atoms with Crippen LogP contribution >= 0.6 is 11.3 Å². The Hall–Kier alpha value is -4.37. The van der Waals surface area contributed by atoms with Crippen LogP contribution in [0.2, 0.25) is 0 Å². The first-order chi connectivity index (χ1) is 17.6. The number of para-hydroxylation sites is 1. The third kappa shape index (κ3) is 3.83. The summed E-state index contributed by atoms with van der Waals surface area (Å²) in [7, 11) is 0. The first-order valence-corrected chi connectivity index (χ1v) is 12.3. The Kier molecular flexibility index (Phi) is 5.54. The second-order valence-corrected chi connectivity index (χ2v) is 9.12. The highest BCUT2D eigenvalue weighted by Gasteiger charge is 2.26. The number of carbonyl (C=O) groups excluding carboxylic acids is 1. The van der Waals surface area contributed by atoms with Gasteiger partial charge >= 0.3 is 0 Å². The monoisotopic (exact) mass is 497 g/mol. The molecule has 0 bridgehead atoms. The predicted molar refractivity (Wildman–Crippen MR) is 137 cm³/mol. The lowest BCUT2D eigenvalue weighted by molar-refractivity contribution is -0.112. The maximum Gasteiger partial charge on any atom is 0.254 e. The quantitative estimate of drug-likeness (QED) is 0.319. The number of ether oxygens (including phenoxy) is 1. The average Bonchev–Trinajstić information content (AvgIpc) is 3.52. The van der Waals surface area contributed by atoms with E-state index in [0.29, 0.717) is 29.5 Å². The van der Waals surface area contributed by atoms with Crippen molar-refractivity contribution in [2.75, 3.05) is 5.32 Å². The molecule has 0 aliphatic carbocycles. The summed E-state index contributed by atoms with van der Waals surface area (Å²) in [5.41, 5.74) is 7.33. The van der Waals surface area contributed by atoms with Gasteiger partial charge in [-0.25, -0.2) is 9.07 Å². The summed E-state index contributed by atoms with van der Waals surface area (Å²) in [6.45, 7) is 2.29. The van der Waals surface area contributed by atoms with E-state index >= 15 is 0 Å². The fourth-order valence-electron chi connectivity index (χ4n) is 4.53. The molecule has 1 N–H and O–H groups in total. The predicted octanol–water partition coefficient (Wildman–Crippen LogP) is 5.76. The average molecular weight is 498 g/mol. The van der Waals surface area contributed by atoms with Crippen molar-refractivity contribution in [3.63, 3.8) is 0 Å². The lowest BCUT2D eigenvalue weighted by Gasteiger charge is -2.16. The summed E-state index contributed by atoms with van der Waals surface area (Å²) in [4.78, 5) is 13.4. The number of nitrogens with zero attached hydrogens (tertiary/aromatic N) is 4. The summed E-state index contributed by atoms with van der Waals surface area (Å²) < 4.78 is 21.5. The van der Waals surface area contributed by atoms with Gasteiger partial charge < -0.3 is 4.74 Å². The van der Waals surface area contributed by atoms with Gasteiger partial charge in [0, 0.05) is 22.1 Å². The van der Waals surface area contributed by atoms with Crippen LogP contribution in [0.15, 0.2) is 77.9 Å². The second-order valence-electron chi connectivity index (χ2n) is 8.29. The number of hydrogen-bond acceptors (Lipinski definition) is 6. The van der Waals surface area contributed by atoms with Crippen molar-refractivity contribution in [1.82, 2.24) is 20.0 Å². The van der Waals surface area contributed by atoms with Crippen LogP contribution in [-0.2, 0) is 11.4 Å². The fourth-order valence-corrected chi connectivity index (χ4v) is 4.97. The van der Waals surface area contributed by atoms with Crippen molar-refractivity contribution >= 4 is 38.9 Å². The summed E-state index contributed by atoms with van der Waals surface area (Å²) in [6.07, 6.45) is 2.28. The van der Waals surface area contributed by atoms with Crippen molar-refractivity contribution < 1.29 is 13.9 Å². The molecule has 7 nitrogen and oxygen atoms in total. The molecule has 0 radical (unpaired) electrons. The number of amides is 1. The van der Waals surface area contributed by atoms with E-state index in [-0.39, 0.29) is 11.7 Å². The molecule has 178 valence electrons. The van der Waals surface area contributed by atoms with E-state index in [1.807, 2.05) is 43.3 Å². The zero-order valence-corrected chi connectivity index (χ0v) is 20.1. The zero-order valence-electron chi connectivity index (χ0n) is 19.2. The van der Waals surface area contributed by atoms with Crippen molar-refractivity contribution in [2.24, 2.45) is 0 Å². The number of fused-ring (bicyclic) bond motifs is 3. The van der Waals surface area contributed by atoms with Crippen LogP contribution in [0.3, 0.4) is 0 Å². The van der Waals surface area contributed by atoms with Crippen LogP contribution in [0, 0.1) is 5.82 Å². The highest BCUT2D eigenvalue weighted by atomic mass is 32.1. The lowest BCUT2D eigenvalue weighted by Crippen LogP contribution is -2.16. The van der Waals surface area contributed by atoms with Crippen LogP contribution in [0.5, 0.6) is 5.75 Å². The standard InChI is InChI=1S/C27H20FN5O2S/c1-2-20(26(34)31-27-32-29-15-36-27)25-21-5-3-4-6-24(21)35-14-17-12-23-16(11-22(17)25)13-30-33(23)19-9-7-18(28)8-10-19/h3-13,15H,2,14H2,1H3,(H,31,32,34)/b25-20+. The maximum atomic E-state index is 13.5. The minimum atomic E-state index is -0.302. The molecule has 9 heteroatoms. The number of halogens is 1. The molecule has 6 rings (SSSR count). The molecule has 0 spiro atoms. The zero-order chi connectivity index (χ0) is 24.6. The first-order valence-electron chi connectivity index (χ1n) is 11.4. The van der Waals surface area contributed by atoms with Crippen LogP contribution in [0.4, 0.5) is 9.52 Å². The molecule has 3 heterocycles. The normalized spacial score (nSPS) is 13.9. The SMILES string of the molecule is CC/C(C(=O)Nc1nncs1)=C1\c2cc3cnn(-c4ccc(F)cc4)c3cc2COc2ccccc21. The van der Waals surface area contributed by atoms with E-state index in [0.717, 1.165) is 38.9 Å². The number of nitrogens with one attached hydrogen (secondary N) is 1. The van der Waals surface area contributed by atoms with Gasteiger partial charge in [-0.15, -0.1) is 10.2 Å². The topological polar surface area (TPSA) is 81.9 Å². The van der Waals surface area contributed by atoms with E-state index in [4.69, 9.17) is 4.74 Å². The molecule has 2 aromatic heterocycles. The fraction of sp³-hybridized carbons (Fsp3) is 0.111. The molecule has 1 aliphatic heterocycles. The van der Waals surface area contributed by atoms with Gasteiger partial charge in [0.2, 0.25) is 5.13 Å². The van der Waals surface area contributed by atoms with Crippen LogP contribution in [-0.4, -0.2) is 25.9 Å². The van der Waals surface area contributed by atoms with Gasteiger partial charge in [-0.3, -0.25) is 10.1 Å². The first kappa shape index (κ1) is 22.1. The molecule has 0 atom stereocenters. The Morgan fingerprint density at radius 1 is 1.14 bits per heavy atom. The Labute approximate surface area is 209 Å². The Balaban J connectivity index is 1.56. The number of carbonyl (C=O) groups is 1. The molecule has 5 aromatic rings. The van der Waals surface area contributed by atoms with E-state index in [1.165, 1.54) is 23.5 Å². The van der Waals surface area contributed by atoms with Crippen LogP contribution in [0.1, 0.15) is 30.0 Å². The van der Waals surface area contributed by atoms with E-state index < -0.39 is 0 Å². The molecule has 1 amide bonds. The second kappa shape index (κ2) is 9.01. The Morgan fingerprint density at radius 3 is 2.75 bits per heavy atom. The minimum absolute atomic E-state index is 0.228. The molecule has 3 aromatic carbocycles. The summed E-state index contributed by atoms with van der Waals surface area (Å²) >= 11 is 1.27. The van der Waals surface area contributed by atoms with Crippen LogP contribution in [0.25, 0.3) is 22.2 Å². The van der Waals surface area contributed by atoms with Crippen LogP contribution < -0.4 is 10.1 Å². The molecule has 36 heavy (non-hydrogen) atoms. The number of aromatic nitrogens is 4. The van der Waals surface area contributed by atoms with E-state index in [1.54, 1.807) is 28.5 Å². The maximum absolute atomic E-state index is 13.5. The third-order valence-electron chi connectivity index (χ3n) is 6.18. The molecule has 0 unspecified atom stereocenters. The van der Waals surface area contributed by atoms with Crippen molar-refractivity contribution in [3.05, 3.63) is 100 Å². The smallest absolute Gasteiger partial charge is 0.254 e. The highest BCUT2D eigenvalue weighted by Crippen LogP contribution is 2.41. The summed E-state index contributed by atoms with van der Waals surface area (Å²) in [5, 5.41) is 16.5. The van der Waals surface area contributed by atoms with Crippen molar-refractivity contribution in [1.29, 1.82) is 0 Å². The Bertz CT molecular complexity index is 1620. The molecule has 1 aliphatic rings. The van der Waals surface area contributed by atoms with E-state index in [2.05, 4.69) is 20.6 Å².